The molecule has 180 valence electrons. The van der Waals surface area contributed by atoms with E-state index in [1.54, 1.807) is 36.4 Å². The standard InChI is InChI=1S/C26H30FN3O4/c1-16(2)12-22(31)29-21-5-3-4-19(13-21)24-23(25(32)28-14-17-6-7-17)30(26(33)34-24)15-18-8-10-20(27)11-9-18/h3-5,8-11,13,16-17,23-24H,6-7,12,14-15H2,1-2H3,(H,28,32)(H,29,31). The van der Waals surface area contributed by atoms with Gasteiger partial charge >= 0.3 is 6.09 Å². The summed E-state index contributed by atoms with van der Waals surface area (Å²) in [5.74, 6) is -0.0731. The number of carbonyl (C=O) groups excluding carboxylic acids is 3. The number of rotatable bonds is 9. The fourth-order valence-corrected chi connectivity index (χ4v) is 4.04. The maximum atomic E-state index is 13.3. The van der Waals surface area contributed by atoms with Crippen LogP contribution in [-0.4, -0.2) is 35.4 Å². The van der Waals surface area contributed by atoms with Gasteiger partial charge in [0.15, 0.2) is 12.1 Å². The van der Waals surface area contributed by atoms with E-state index < -0.39 is 18.2 Å². The minimum Gasteiger partial charge on any atom is -0.438 e. The number of cyclic esters (lactones) is 1. The van der Waals surface area contributed by atoms with Crippen LogP contribution in [0.5, 0.6) is 0 Å². The molecule has 2 unspecified atom stereocenters. The molecular weight excluding hydrogens is 437 g/mol. The highest BCUT2D eigenvalue weighted by Crippen LogP contribution is 2.35. The van der Waals surface area contributed by atoms with Crippen molar-refractivity contribution in [2.45, 2.75) is 51.8 Å². The van der Waals surface area contributed by atoms with E-state index in [4.69, 9.17) is 4.74 Å². The Morgan fingerprint density at radius 3 is 2.56 bits per heavy atom. The van der Waals surface area contributed by atoms with E-state index in [0.29, 0.717) is 35.7 Å². The molecular formula is C26H30FN3O4. The molecule has 2 aromatic carbocycles. The third-order valence-electron chi connectivity index (χ3n) is 5.97. The van der Waals surface area contributed by atoms with Crippen molar-refractivity contribution in [2.24, 2.45) is 11.8 Å². The average molecular weight is 468 g/mol. The maximum absolute atomic E-state index is 13.3. The van der Waals surface area contributed by atoms with E-state index in [0.717, 1.165) is 12.8 Å². The number of nitrogens with zero attached hydrogens (tertiary/aromatic N) is 1. The van der Waals surface area contributed by atoms with Crippen molar-refractivity contribution >= 4 is 23.6 Å². The van der Waals surface area contributed by atoms with Gasteiger partial charge in [-0.15, -0.1) is 0 Å². The first kappa shape index (κ1) is 23.7. The van der Waals surface area contributed by atoms with E-state index in [1.165, 1.54) is 17.0 Å². The van der Waals surface area contributed by atoms with Crippen molar-refractivity contribution < 1.29 is 23.5 Å². The Morgan fingerprint density at radius 2 is 1.88 bits per heavy atom. The van der Waals surface area contributed by atoms with Crippen LogP contribution in [0.4, 0.5) is 14.9 Å². The van der Waals surface area contributed by atoms with Gasteiger partial charge in [0.05, 0.1) is 6.54 Å². The number of halogens is 1. The second-order valence-corrected chi connectivity index (χ2v) is 9.46. The summed E-state index contributed by atoms with van der Waals surface area (Å²) in [6.45, 7) is 4.61. The second kappa shape index (κ2) is 10.2. The van der Waals surface area contributed by atoms with Gasteiger partial charge in [-0.3, -0.25) is 14.5 Å². The first-order valence-electron chi connectivity index (χ1n) is 11.7. The van der Waals surface area contributed by atoms with Crippen molar-refractivity contribution in [3.8, 4) is 0 Å². The highest BCUT2D eigenvalue weighted by molar-refractivity contribution is 5.91. The van der Waals surface area contributed by atoms with Crippen molar-refractivity contribution in [2.75, 3.05) is 11.9 Å². The monoisotopic (exact) mass is 467 g/mol. The van der Waals surface area contributed by atoms with Gasteiger partial charge < -0.3 is 15.4 Å². The van der Waals surface area contributed by atoms with Crippen molar-refractivity contribution in [3.63, 3.8) is 0 Å². The molecule has 0 radical (unpaired) electrons. The Bertz CT molecular complexity index is 1050. The van der Waals surface area contributed by atoms with Crippen LogP contribution in [0.1, 0.15) is 50.3 Å². The molecule has 0 spiro atoms. The average Bonchev–Trinajstić information content (AvgIpc) is 3.56. The van der Waals surface area contributed by atoms with Crippen molar-refractivity contribution in [3.05, 3.63) is 65.5 Å². The topological polar surface area (TPSA) is 87.7 Å². The predicted molar refractivity (Wildman–Crippen MR) is 125 cm³/mol. The van der Waals surface area contributed by atoms with E-state index in [-0.39, 0.29) is 30.1 Å². The lowest BCUT2D eigenvalue weighted by Crippen LogP contribution is -2.46. The Hall–Kier alpha value is -3.42. The highest BCUT2D eigenvalue weighted by atomic mass is 19.1. The van der Waals surface area contributed by atoms with Gasteiger partial charge in [-0.05, 0) is 60.1 Å². The molecule has 0 aromatic heterocycles. The van der Waals surface area contributed by atoms with Crippen molar-refractivity contribution in [1.29, 1.82) is 0 Å². The lowest BCUT2D eigenvalue weighted by molar-refractivity contribution is -0.126. The van der Waals surface area contributed by atoms with E-state index in [9.17, 15) is 18.8 Å². The van der Waals surface area contributed by atoms with Gasteiger partial charge in [0.1, 0.15) is 5.82 Å². The molecule has 34 heavy (non-hydrogen) atoms. The van der Waals surface area contributed by atoms with Gasteiger partial charge in [0.2, 0.25) is 11.8 Å². The van der Waals surface area contributed by atoms with E-state index >= 15 is 0 Å². The number of nitrogens with one attached hydrogen (secondary N) is 2. The number of carbonyl (C=O) groups is 3. The summed E-state index contributed by atoms with van der Waals surface area (Å²) in [6.07, 6.45) is 1.10. The van der Waals surface area contributed by atoms with Crippen LogP contribution in [0.25, 0.3) is 0 Å². The van der Waals surface area contributed by atoms with E-state index in [2.05, 4.69) is 10.6 Å². The molecule has 7 nitrogen and oxygen atoms in total. The number of benzene rings is 2. The molecule has 2 atom stereocenters. The first-order chi connectivity index (χ1) is 16.3. The van der Waals surface area contributed by atoms with Crippen LogP contribution in [0.3, 0.4) is 0 Å². The Kier molecular flexibility index (Phi) is 7.14. The van der Waals surface area contributed by atoms with Crippen LogP contribution < -0.4 is 10.6 Å². The molecule has 2 aliphatic rings. The van der Waals surface area contributed by atoms with Crippen molar-refractivity contribution in [1.82, 2.24) is 10.2 Å². The van der Waals surface area contributed by atoms with Crippen LogP contribution in [0.2, 0.25) is 0 Å². The molecule has 3 amide bonds. The first-order valence-corrected chi connectivity index (χ1v) is 11.7. The summed E-state index contributed by atoms with van der Waals surface area (Å²) in [4.78, 5) is 39.7. The Morgan fingerprint density at radius 1 is 1.15 bits per heavy atom. The molecule has 2 aromatic rings. The van der Waals surface area contributed by atoms with Crippen LogP contribution in [0, 0.1) is 17.7 Å². The SMILES string of the molecule is CC(C)CC(=O)Nc1cccc(C2OC(=O)N(Cc3ccc(F)cc3)C2C(=O)NCC2CC2)c1. The zero-order valence-corrected chi connectivity index (χ0v) is 19.4. The molecule has 1 saturated carbocycles. The zero-order valence-electron chi connectivity index (χ0n) is 19.4. The molecule has 1 aliphatic carbocycles. The lowest BCUT2D eigenvalue weighted by Gasteiger charge is -2.24. The lowest BCUT2D eigenvalue weighted by atomic mass is 10.00. The predicted octanol–water partition coefficient (Wildman–Crippen LogP) is 4.40. The number of ether oxygens (including phenoxy) is 1. The summed E-state index contributed by atoms with van der Waals surface area (Å²) >= 11 is 0. The molecule has 2 fully saturated rings. The third kappa shape index (κ3) is 5.92. The summed E-state index contributed by atoms with van der Waals surface area (Å²) in [5.41, 5.74) is 1.88. The van der Waals surface area contributed by atoms with Gasteiger partial charge in [-0.2, -0.15) is 0 Å². The smallest absolute Gasteiger partial charge is 0.411 e. The number of anilines is 1. The fourth-order valence-electron chi connectivity index (χ4n) is 4.04. The largest absolute Gasteiger partial charge is 0.438 e. The quantitative estimate of drug-likeness (QED) is 0.572. The van der Waals surface area contributed by atoms with Crippen LogP contribution in [-0.2, 0) is 20.9 Å². The molecule has 2 N–H and O–H groups in total. The molecule has 1 aliphatic heterocycles. The Labute approximate surface area is 198 Å². The van der Waals surface area contributed by atoms with Gasteiger partial charge in [-0.1, -0.05) is 38.1 Å². The summed E-state index contributed by atoms with van der Waals surface area (Å²) < 4.78 is 19.0. The summed E-state index contributed by atoms with van der Waals surface area (Å²) in [7, 11) is 0. The van der Waals surface area contributed by atoms with Crippen LogP contribution in [0.15, 0.2) is 48.5 Å². The summed E-state index contributed by atoms with van der Waals surface area (Å²) in [6, 6.07) is 11.9. The van der Waals surface area contributed by atoms with Gasteiger partial charge in [0.25, 0.3) is 0 Å². The van der Waals surface area contributed by atoms with Gasteiger partial charge in [-0.25, -0.2) is 9.18 Å². The number of amides is 3. The normalized spacial score (nSPS) is 19.8. The molecule has 1 heterocycles. The Balaban J connectivity index is 1.57. The second-order valence-electron chi connectivity index (χ2n) is 9.46. The minimum absolute atomic E-state index is 0.104. The summed E-state index contributed by atoms with van der Waals surface area (Å²) in [5, 5.41) is 5.83. The minimum atomic E-state index is -0.891. The fraction of sp³-hybridized carbons (Fsp3) is 0.423. The van der Waals surface area contributed by atoms with Gasteiger partial charge in [0, 0.05) is 18.7 Å². The molecule has 0 bridgehead atoms. The number of hydrogen-bond donors (Lipinski definition) is 2. The zero-order chi connectivity index (χ0) is 24.2. The van der Waals surface area contributed by atoms with E-state index in [1.807, 2.05) is 13.8 Å². The third-order valence-corrected chi connectivity index (χ3v) is 5.97. The van der Waals surface area contributed by atoms with Crippen LogP contribution >= 0.6 is 0 Å². The highest BCUT2D eigenvalue weighted by Gasteiger charge is 2.47. The molecule has 1 saturated heterocycles. The maximum Gasteiger partial charge on any atom is 0.411 e. The molecule has 4 rings (SSSR count). The molecule has 8 heteroatoms. The number of hydrogen-bond acceptors (Lipinski definition) is 4.